The Morgan fingerprint density at radius 3 is 2.18 bits per heavy atom. The van der Waals surface area contributed by atoms with Gasteiger partial charge in [0, 0.05) is 12.3 Å². The Morgan fingerprint density at radius 1 is 1.06 bits per heavy atom. The van der Waals surface area contributed by atoms with Gasteiger partial charge in [-0.25, -0.2) is 8.42 Å². The Bertz CT molecular complexity index is 266. The molecule has 0 aromatic rings. The minimum Gasteiger partial charge on any atom is -0.271 e. The van der Waals surface area contributed by atoms with Gasteiger partial charge in [-0.15, -0.1) is 0 Å². The molecule has 0 amide bonds. The number of hydrogen-bond acceptors (Lipinski definition) is 4. The summed E-state index contributed by atoms with van der Waals surface area (Å²) in [4.78, 5) is 0. The summed E-state index contributed by atoms with van der Waals surface area (Å²) in [6.45, 7) is 2.21. The molecular formula is C12H28N2O2S. The predicted octanol–water partition coefficient (Wildman–Crippen LogP) is 2.00. The van der Waals surface area contributed by atoms with E-state index in [-0.39, 0.29) is 11.8 Å². The lowest BCUT2D eigenvalue weighted by atomic mass is 10.0. The van der Waals surface area contributed by atoms with E-state index in [1.54, 1.807) is 0 Å². The maximum atomic E-state index is 11.0. The third-order valence-corrected chi connectivity index (χ3v) is 3.96. The van der Waals surface area contributed by atoms with Crippen molar-refractivity contribution < 1.29 is 8.42 Å². The Kier molecular flexibility index (Phi) is 9.78. The van der Waals surface area contributed by atoms with Crippen molar-refractivity contribution in [1.29, 1.82) is 0 Å². The Balaban J connectivity index is 3.54. The van der Waals surface area contributed by atoms with E-state index in [4.69, 9.17) is 5.84 Å². The smallest absolute Gasteiger partial charge is 0.147 e. The fraction of sp³-hybridized carbons (Fsp3) is 1.00. The molecule has 5 heteroatoms. The Labute approximate surface area is 106 Å². The van der Waals surface area contributed by atoms with Crippen LogP contribution in [-0.2, 0) is 9.84 Å². The van der Waals surface area contributed by atoms with Gasteiger partial charge in [-0.3, -0.25) is 11.3 Å². The third-order valence-electron chi connectivity index (χ3n) is 2.98. The standard InChI is InChI=1S/C12H28N2O2S/c1-3-4-5-6-7-8-9-12(14-13)10-11-17(2,15)16/h12,14H,3-11,13H2,1-2H3. The maximum Gasteiger partial charge on any atom is 0.147 e. The number of nitrogens with one attached hydrogen (secondary N) is 1. The number of sulfone groups is 1. The summed E-state index contributed by atoms with van der Waals surface area (Å²) in [5.41, 5.74) is 2.71. The Hall–Kier alpha value is -0.130. The van der Waals surface area contributed by atoms with Gasteiger partial charge in [0.1, 0.15) is 9.84 Å². The van der Waals surface area contributed by atoms with E-state index in [0.29, 0.717) is 6.42 Å². The topological polar surface area (TPSA) is 72.2 Å². The van der Waals surface area contributed by atoms with Crippen LogP contribution in [0.3, 0.4) is 0 Å². The molecular weight excluding hydrogens is 236 g/mol. The first-order valence-corrected chi connectivity index (χ1v) is 8.69. The molecule has 0 radical (unpaired) electrons. The van der Waals surface area contributed by atoms with Crippen LogP contribution < -0.4 is 11.3 Å². The quantitative estimate of drug-likeness (QED) is 0.340. The number of hydrazine groups is 1. The molecule has 0 saturated heterocycles. The van der Waals surface area contributed by atoms with E-state index < -0.39 is 9.84 Å². The van der Waals surface area contributed by atoms with E-state index in [2.05, 4.69) is 12.3 Å². The molecule has 0 fully saturated rings. The fourth-order valence-electron chi connectivity index (χ4n) is 1.84. The average Bonchev–Trinajstić information content (AvgIpc) is 2.26. The second kappa shape index (κ2) is 9.85. The molecule has 0 aromatic heterocycles. The van der Waals surface area contributed by atoms with Gasteiger partial charge < -0.3 is 0 Å². The Morgan fingerprint density at radius 2 is 1.65 bits per heavy atom. The zero-order valence-corrected chi connectivity index (χ0v) is 12.1. The van der Waals surface area contributed by atoms with Crippen molar-refractivity contribution in [2.45, 2.75) is 64.3 Å². The lowest BCUT2D eigenvalue weighted by Gasteiger charge is -2.14. The SMILES string of the molecule is CCCCCCCCC(CCS(C)(=O)=O)NN. The molecule has 3 N–H and O–H groups in total. The summed E-state index contributed by atoms with van der Waals surface area (Å²) in [5.74, 6) is 5.64. The van der Waals surface area contributed by atoms with Crippen molar-refractivity contribution in [2.24, 2.45) is 5.84 Å². The molecule has 104 valence electrons. The van der Waals surface area contributed by atoms with Crippen LogP contribution in [0, 0.1) is 0 Å². The molecule has 0 saturated carbocycles. The van der Waals surface area contributed by atoms with Gasteiger partial charge in [-0.05, 0) is 12.8 Å². The van der Waals surface area contributed by atoms with Gasteiger partial charge in [0.15, 0.2) is 0 Å². The molecule has 1 atom stereocenters. The van der Waals surface area contributed by atoms with Crippen molar-refractivity contribution in [1.82, 2.24) is 5.43 Å². The predicted molar refractivity (Wildman–Crippen MR) is 73.4 cm³/mol. The van der Waals surface area contributed by atoms with Crippen LogP contribution in [0.5, 0.6) is 0 Å². The van der Waals surface area contributed by atoms with Gasteiger partial charge in [0.05, 0.1) is 5.75 Å². The van der Waals surface area contributed by atoms with Crippen molar-refractivity contribution in [3.8, 4) is 0 Å². The van der Waals surface area contributed by atoms with Gasteiger partial charge in [0.2, 0.25) is 0 Å². The largest absolute Gasteiger partial charge is 0.271 e. The minimum absolute atomic E-state index is 0.135. The molecule has 0 aliphatic rings. The van der Waals surface area contributed by atoms with E-state index in [9.17, 15) is 8.42 Å². The summed E-state index contributed by atoms with van der Waals surface area (Å²) in [6, 6.07) is 0.135. The molecule has 1 unspecified atom stereocenters. The van der Waals surface area contributed by atoms with Crippen molar-refractivity contribution in [3.05, 3.63) is 0 Å². The van der Waals surface area contributed by atoms with Crippen LogP contribution in [0.25, 0.3) is 0 Å². The normalized spacial score (nSPS) is 13.8. The molecule has 0 aromatic carbocycles. The molecule has 0 aliphatic heterocycles. The first kappa shape index (κ1) is 16.9. The zero-order chi connectivity index (χ0) is 13.1. The van der Waals surface area contributed by atoms with E-state index >= 15 is 0 Å². The monoisotopic (exact) mass is 264 g/mol. The number of hydrogen-bond donors (Lipinski definition) is 2. The van der Waals surface area contributed by atoms with Crippen LogP contribution in [0.15, 0.2) is 0 Å². The first-order valence-electron chi connectivity index (χ1n) is 6.63. The summed E-state index contributed by atoms with van der Waals surface area (Å²) in [6.07, 6.45) is 10.4. The van der Waals surface area contributed by atoms with Crippen molar-refractivity contribution in [3.63, 3.8) is 0 Å². The fourth-order valence-corrected chi connectivity index (χ4v) is 2.55. The first-order chi connectivity index (χ1) is 7.99. The van der Waals surface area contributed by atoms with Crippen molar-refractivity contribution in [2.75, 3.05) is 12.0 Å². The van der Waals surface area contributed by atoms with Gasteiger partial charge >= 0.3 is 0 Å². The summed E-state index contributed by atoms with van der Waals surface area (Å²) in [5, 5.41) is 0. The van der Waals surface area contributed by atoms with Crippen molar-refractivity contribution >= 4 is 9.84 Å². The maximum absolute atomic E-state index is 11.0. The van der Waals surface area contributed by atoms with Crippen LogP contribution >= 0.6 is 0 Å². The number of unbranched alkanes of at least 4 members (excludes halogenated alkanes) is 5. The molecule has 0 rings (SSSR count). The highest BCUT2D eigenvalue weighted by Gasteiger charge is 2.10. The molecule has 0 spiro atoms. The van der Waals surface area contributed by atoms with Crippen LogP contribution in [-0.4, -0.2) is 26.5 Å². The second-order valence-electron chi connectivity index (χ2n) is 4.84. The van der Waals surface area contributed by atoms with Crippen LogP contribution in [0.2, 0.25) is 0 Å². The van der Waals surface area contributed by atoms with Gasteiger partial charge in [0.25, 0.3) is 0 Å². The minimum atomic E-state index is -2.87. The zero-order valence-electron chi connectivity index (χ0n) is 11.2. The van der Waals surface area contributed by atoms with E-state index in [1.165, 1.54) is 38.4 Å². The second-order valence-corrected chi connectivity index (χ2v) is 7.10. The van der Waals surface area contributed by atoms with Gasteiger partial charge in [-0.2, -0.15) is 0 Å². The third kappa shape index (κ3) is 12.1. The average molecular weight is 264 g/mol. The van der Waals surface area contributed by atoms with Crippen LogP contribution in [0.1, 0.15) is 58.3 Å². The number of nitrogens with two attached hydrogens (primary N) is 1. The highest BCUT2D eigenvalue weighted by atomic mass is 32.2. The number of rotatable bonds is 11. The highest BCUT2D eigenvalue weighted by Crippen LogP contribution is 2.10. The lowest BCUT2D eigenvalue weighted by molar-refractivity contribution is 0.450. The summed E-state index contributed by atoms with van der Waals surface area (Å²) < 4.78 is 22.1. The molecule has 17 heavy (non-hydrogen) atoms. The van der Waals surface area contributed by atoms with Crippen LogP contribution in [0.4, 0.5) is 0 Å². The molecule has 0 bridgehead atoms. The van der Waals surface area contributed by atoms with E-state index in [0.717, 1.165) is 12.8 Å². The van der Waals surface area contributed by atoms with Gasteiger partial charge in [-0.1, -0.05) is 45.4 Å². The highest BCUT2D eigenvalue weighted by molar-refractivity contribution is 7.90. The molecule has 4 nitrogen and oxygen atoms in total. The molecule has 0 heterocycles. The molecule has 0 aliphatic carbocycles. The lowest BCUT2D eigenvalue weighted by Crippen LogP contribution is -2.36. The summed E-state index contributed by atoms with van der Waals surface area (Å²) in [7, 11) is -2.87. The van der Waals surface area contributed by atoms with E-state index in [1.807, 2.05) is 0 Å². The summed E-state index contributed by atoms with van der Waals surface area (Å²) >= 11 is 0.